The maximum atomic E-state index is 13.5. The number of fused-ring (bicyclic) bond motifs is 1. The SMILES string of the molecule is CC(=O)n1cc(C=O)c2c(F)c(F)c(F)c(F)c21. The molecule has 0 atom stereocenters. The number of rotatable bonds is 1. The van der Waals surface area contributed by atoms with Gasteiger partial charge in [0.05, 0.1) is 10.9 Å². The molecular weight excluding hydrogens is 254 g/mol. The fraction of sp³-hybridized carbons (Fsp3) is 0.0909. The van der Waals surface area contributed by atoms with Crippen LogP contribution in [0.25, 0.3) is 10.9 Å². The van der Waals surface area contributed by atoms with Crippen molar-refractivity contribution in [3.05, 3.63) is 35.0 Å². The third kappa shape index (κ3) is 1.43. The summed E-state index contributed by atoms with van der Waals surface area (Å²) in [6, 6.07) is 0. The minimum absolute atomic E-state index is 0.127. The average molecular weight is 259 g/mol. The molecule has 0 saturated carbocycles. The first kappa shape index (κ1) is 12.3. The Bertz CT molecular complexity index is 690. The van der Waals surface area contributed by atoms with Crippen LogP contribution in [0.3, 0.4) is 0 Å². The van der Waals surface area contributed by atoms with Crippen LogP contribution in [0.2, 0.25) is 0 Å². The van der Waals surface area contributed by atoms with Gasteiger partial charge in [-0.3, -0.25) is 14.2 Å². The van der Waals surface area contributed by atoms with Crippen LogP contribution in [0.4, 0.5) is 17.6 Å². The maximum Gasteiger partial charge on any atom is 0.228 e. The summed E-state index contributed by atoms with van der Waals surface area (Å²) in [5, 5.41) is -0.753. The number of aromatic nitrogens is 1. The third-order valence-corrected chi connectivity index (χ3v) is 2.51. The highest BCUT2D eigenvalue weighted by molar-refractivity contribution is 6.02. The third-order valence-electron chi connectivity index (χ3n) is 2.51. The first-order valence-corrected chi connectivity index (χ1v) is 4.73. The molecule has 0 aliphatic heterocycles. The van der Waals surface area contributed by atoms with Crippen LogP contribution < -0.4 is 0 Å². The summed E-state index contributed by atoms with van der Waals surface area (Å²) in [6.07, 6.45) is 0.951. The lowest BCUT2D eigenvalue weighted by Gasteiger charge is -2.03. The summed E-state index contributed by atoms with van der Waals surface area (Å²) < 4.78 is 53.7. The number of hydrogen-bond donors (Lipinski definition) is 0. The molecule has 0 bridgehead atoms. The number of aldehydes is 1. The predicted octanol–water partition coefficient (Wildman–Crippen LogP) is 2.67. The molecule has 0 fully saturated rings. The van der Waals surface area contributed by atoms with E-state index in [-0.39, 0.29) is 6.29 Å². The van der Waals surface area contributed by atoms with E-state index in [1.165, 1.54) is 0 Å². The van der Waals surface area contributed by atoms with Gasteiger partial charge in [0.25, 0.3) is 0 Å². The van der Waals surface area contributed by atoms with Crippen LogP contribution in [0.5, 0.6) is 0 Å². The molecule has 1 aromatic heterocycles. The molecule has 2 rings (SSSR count). The zero-order chi connectivity index (χ0) is 13.6. The van der Waals surface area contributed by atoms with Crippen LogP contribution in [0, 0.1) is 23.3 Å². The van der Waals surface area contributed by atoms with Gasteiger partial charge in [0.2, 0.25) is 5.91 Å². The molecule has 0 saturated heterocycles. The lowest BCUT2D eigenvalue weighted by atomic mass is 10.1. The van der Waals surface area contributed by atoms with E-state index >= 15 is 0 Å². The van der Waals surface area contributed by atoms with Crippen LogP contribution in [-0.4, -0.2) is 16.8 Å². The lowest BCUT2D eigenvalue weighted by molar-refractivity contribution is 0.0941. The largest absolute Gasteiger partial charge is 0.298 e. The fourth-order valence-corrected chi connectivity index (χ4v) is 1.72. The number of carbonyl (C=O) groups excluding carboxylic acids is 2. The molecule has 0 unspecified atom stereocenters. The summed E-state index contributed by atoms with van der Waals surface area (Å²) >= 11 is 0. The van der Waals surface area contributed by atoms with Crippen LogP contribution >= 0.6 is 0 Å². The van der Waals surface area contributed by atoms with Crippen molar-refractivity contribution < 1.29 is 27.2 Å². The monoisotopic (exact) mass is 259 g/mol. The van der Waals surface area contributed by atoms with E-state index in [2.05, 4.69) is 0 Å². The van der Waals surface area contributed by atoms with Gasteiger partial charge in [-0.25, -0.2) is 17.6 Å². The molecule has 0 spiro atoms. The molecule has 7 heteroatoms. The Morgan fingerprint density at radius 3 is 2.17 bits per heavy atom. The standard InChI is InChI=1S/C11H5F4NO2/c1-4(18)16-2-5(3-17)6-7(12)8(13)9(14)10(15)11(6)16/h2-3H,1H3. The molecule has 2 aromatic rings. The quantitative estimate of drug-likeness (QED) is 0.342. The molecule has 1 aromatic carbocycles. The summed E-state index contributed by atoms with van der Waals surface area (Å²) in [5.74, 6) is -8.24. The van der Waals surface area contributed by atoms with Gasteiger partial charge in [-0.15, -0.1) is 0 Å². The number of benzene rings is 1. The van der Waals surface area contributed by atoms with Gasteiger partial charge < -0.3 is 0 Å². The number of hydrogen-bond acceptors (Lipinski definition) is 2. The molecule has 18 heavy (non-hydrogen) atoms. The second kappa shape index (κ2) is 3.94. The molecule has 0 amide bonds. The van der Waals surface area contributed by atoms with E-state index < -0.39 is 45.6 Å². The first-order chi connectivity index (χ1) is 8.40. The highest BCUT2D eigenvalue weighted by Crippen LogP contribution is 2.30. The molecule has 94 valence electrons. The van der Waals surface area contributed by atoms with Crippen molar-refractivity contribution in [1.29, 1.82) is 0 Å². The predicted molar refractivity (Wildman–Crippen MR) is 53.5 cm³/mol. The molecule has 0 aliphatic rings. The van der Waals surface area contributed by atoms with Crippen LogP contribution in [0.1, 0.15) is 22.1 Å². The summed E-state index contributed by atoms with van der Waals surface area (Å²) in [7, 11) is 0. The summed E-state index contributed by atoms with van der Waals surface area (Å²) in [5.41, 5.74) is -1.23. The Labute approximate surface area is 97.6 Å². The van der Waals surface area contributed by atoms with E-state index in [1.807, 2.05) is 0 Å². The number of nitrogens with zero attached hydrogens (tertiary/aromatic N) is 1. The highest BCUT2D eigenvalue weighted by atomic mass is 19.2. The Kier molecular flexibility index (Phi) is 2.68. The number of carbonyl (C=O) groups is 2. The zero-order valence-corrected chi connectivity index (χ0v) is 8.93. The van der Waals surface area contributed by atoms with Crippen molar-refractivity contribution in [2.24, 2.45) is 0 Å². The van der Waals surface area contributed by atoms with Gasteiger partial charge in [-0.2, -0.15) is 0 Å². The highest BCUT2D eigenvalue weighted by Gasteiger charge is 2.26. The molecule has 1 heterocycles. The molecule has 3 nitrogen and oxygen atoms in total. The van der Waals surface area contributed by atoms with Gasteiger partial charge in [-0.1, -0.05) is 0 Å². The van der Waals surface area contributed by atoms with Gasteiger partial charge in [0.15, 0.2) is 29.6 Å². The van der Waals surface area contributed by atoms with E-state index in [9.17, 15) is 27.2 Å². The Balaban J connectivity index is 3.11. The zero-order valence-electron chi connectivity index (χ0n) is 8.93. The summed E-state index contributed by atoms with van der Waals surface area (Å²) in [6.45, 7) is 1.01. The Morgan fingerprint density at radius 2 is 1.67 bits per heavy atom. The van der Waals surface area contributed by atoms with Crippen LogP contribution in [0.15, 0.2) is 6.20 Å². The van der Waals surface area contributed by atoms with Crippen molar-refractivity contribution in [1.82, 2.24) is 4.57 Å². The minimum Gasteiger partial charge on any atom is -0.298 e. The second-order valence-electron chi connectivity index (χ2n) is 3.57. The smallest absolute Gasteiger partial charge is 0.228 e. The maximum absolute atomic E-state index is 13.5. The second-order valence-corrected chi connectivity index (χ2v) is 3.57. The summed E-state index contributed by atoms with van der Waals surface area (Å²) in [4.78, 5) is 21.9. The van der Waals surface area contributed by atoms with Gasteiger partial charge in [-0.05, 0) is 0 Å². The van der Waals surface area contributed by atoms with E-state index in [1.54, 1.807) is 0 Å². The fourth-order valence-electron chi connectivity index (χ4n) is 1.72. The Morgan fingerprint density at radius 1 is 1.11 bits per heavy atom. The Hall–Kier alpha value is -2.18. The topological polar surface area (TPSA) is 39.1 Å². The molecule has 0 N–H and O–H groups in total. The molecular formula is C11H5F4NO2. The van der Waals surface area contributed by atoms with E-state index in [0.29, 0.717) is 4.57 Å². The first-order valence-electron chi connectivity index (χ1n) is 4.73. The van der Waals surface area contributed by atoms with E-state index in [4.69, 9.17) is 0 Å². The van der Waals surface area contributed by atoms with Gasteiger partial charge in [0, 0.05) is 18.7 Å². The van der Waals surface area contributed by atoms with Crippen molar-refractivity contribution in [2.45, 2.75) is 6.92 Å². The minimum atomic E-state index is -2.03. The van der Waals surface area contributed by atoms with Gasteiger partial charge >= 0.3 is 0 Å². The van der Waals surface area contributed by atoms with Crippen molar-refractivity contribution in [3.8, 4) is 0 Å². The molecule has 0 radical (unpaired) electrons. The van der Waals surface area contributed by atoms with Gasteiger partial charge in [0.1, 0.15) is 0 Å². The lowest BCUT2D eigenvalue weighted by Crippen LogP contribution is -2.07. The average Bonchev–Trinajstić information content (AvgIpc) is 2.73. The van der Waals surface area contributed by atoms with Crippen molar-refractivity contribution in [3.63, 3.8) is 0 Å². The molecule has 0 aliphatic carbocycles. The van der Waals surface area contributed by atoms with Crippen molar-refractivity contribution in [2.75, 3.05) is 0 Å². The number of halogens is 4. The normalized spacial score (nSPS) is 10.9. The van der Waals surface area contributed by atoms with Crippen LogP contribution in [-0.2, 0) is 0 Å². The van der Waals surface area contributed by atoms with Crippen molar-refractivity contribution >= 4 is 23.1 Å². The van der Waals surface area contributed by atoms with E-state index in [0.717, 1.165) is 13.1 Å².